The Morgan fingerprint density at radius 2 is 1.78 bits per heavy atom. The van der Waals surface area contributed by atoms with Gasteiger partial charge in [-0.25, -0.2) is 0 Å². The molecular formula is C17H15N. The highest BCUT2D eigenvalue weighted by Gasteiger charge is 2.10. The van der Waals surface area contributed by atoms with Gasteiger partial charge in [0.25, 0.3) is 0 Å². The Hall–Kier alpha value is -2.28. The molecule has 2 aromatic carbocycles. The fraction of sp³-hybridized carbons (Fsp3) is 0.0588. The molecule has 0 radical (unpaired) electrons. The summed E-state index contributed by atoms with van der Waals surface area (Å²) >= 11 is 0. The lowest BCUT2D eigenvalue weighted by Crippen LogP contribution is -1.90. The van der Waals surface area contributed by atoms with E-state index < -0.39 is 0 Å². The molecule has 1 aromatic heterocycles. The molecule has 0 bridgehead atoms. The van der Waals surface area contributed by atoms with Crippen molar-refractivity contribution in [2.45, 2.75) is 6.92 Å². The van der Waals surface area contributed by atoms with E-state index in [-0.39, 0.29) is 0 Å². The largest absolute Gasteiger partial charge is 0.314 e. The zero-order valence-corrected chi connectivity index (χ0v) is 10.5. The van der Waals surface area contributed by atoms with E-state index >= 15 is 0 Å². The van der Waals surface area contributed by atoms with Crippen LogP contribution >= 0.6 is 0 Å². The van der Waals surface area contributed by atoms with Crippen molar-refractivity contribution in [2.24, 2.45) is 0 Å². The Kier molecular flexibility index (Phi) is 2.34. The molecule has 0 atom stereocenters. The third kappa shape index (κ3) is 1.41. The Balaban J connectivity index is 2.57. The first-order valence-corrected chi connectivity index (χ1v) is 6.04. The number of allylic oxidation sites excluding steroid dienone is 1. The van der Waals surface area contributed by atoms with Crippen LogP contribution in [0, 0.1) is 0 Å². The molecule has 0 unspecified atom stereocenters. The minimum absolute atomic E-state index is 1.03. The molecule has 18 heavy (non-hydrogen) atoms. The highest BCUT2D eigenvalue weighted by Crippen LogP contribution is 2.31. The Morgan fingerprint density at radius 1 is 1.06 bits per heavy atom. The van der Waals surface area contributed by atoms with Crippen LogP contribution in [-0.2, 0) is 0 Å². The lowest BCUT2D eigenvalue weighted by Gasteiger charge is -2.05. The highest BCUT2D eigenvalue weighted by atomic mass is 15.0. The topological polar surface area (TPSA) is 4.93 Å². The molecule has 1 heteroatoms. The second-order valence-corrected chi connectivity index (χ2v) is 4.57. The summed E-state index contributed by atoms with van der Waals surface area (Å²) in [6.45, 7) is 9.95. The third-order valence-electron chi connectivity index (χ3n) is 3.31. The summed E-state index contributed by atoms with van der Waals surface area (Å²) in [5, 5.41) is 2.52. The van der Waals surface area contributed by atoms with Crippen molar-refractivity contribution in [1.82, 2.24) is 4.57 Å². The van der Waals surface area contributed by atoms with Crippen molar-refractivity contribution in [3.63, 3.8) is 0 Å². The average Bonchev–Trinajstić information content (AvgIpc) is 2.72. The molecule has 3 aromatic rings. The summed E-state index contributed by atoms with van der Waals surface area (Å²) < 4.78 is 2.21. The van der Waals surface area contributed by atoms with Gasteiger partial charge in [-0.1, -0.05) is 43.5 Å². The fourth-order valence-electron chi connectivity index (χ4n) is 2.53. The molecule has 1 nitrogen and oxygen atoms in total. The van der Waals surface area contributed by atoms with Gasteiger partial charge in [0.15, 0.2) is 0 Å². The van der Waals surface area contributed by atoms with E-state index in [2.05, 4.69) is 60.2 Å². The number of nitrogens with zero attached hydrogens (tertiary/aromatic N) is 1. The number of benzene rings is 2. The summed E-state index contributed by atoms with van der Waals surface area (Å²) in [5.41, 5.74) is 4.59. The smallest absolute Gasteiger partial charge is 0.0537 e. The molecular weight excluding hydrogens is 218 g/mol. The van der Waals surface area contributed by atoms with Crippen LogP contribution in [0.5, 0.6) is 0 Å². The van der Waals surface area contributed by atoms with Crippen molar-refractivity contribution in [1.29, 1.82) is 0 Å². The first-order valence-electron chi connectivity index (χ1n) is 6.04. The van der Waals surface area contributed by atoms with Gasteiger partial charge < -0.3 is 4.57 Å². The number of para-hydroxylation sites is 1. The normalized spacial score (nSPS) is 10.9. The first kappa shape index (κ1) is 10.8. The molecule has 0 amide bonds. The molecule has 0 saturated heterocycles. The molecule has 0 saturated carbocycles. The average molecular weight is 233 g/mol. The van der Waals surface area contributed by atoms with Crippen molar-refractivity contribution in [3.05, 3.63) is 61.2 Å². The van der Waals surface area contributed by atoms with Gasteiger partial charge in [0, 0.05) is 16.5 Å². The van der Waals surface area contributed by atoms with Crippen molar-refractivity contribution in [2.75, 3.05) is 0 Å². The van der Waals surface area contributed by atoms with Crippen LogP contribution in [0.2, 0.25) is 0 Å². The summed E-state index contributed by atoms with van der Waals surface area (Å²) in [6.07, 6.45) is 1.88. The third-order valence-corrected chi connectivity index (χ3v) is 3.31. The number of hydrogen-bond donors (Lipinski definition) is 0. The summed E-state index contributed by atoms with van der Waals surface area (Å²) in [7, 11) is 0. The highest BCUT2D eigenvalue weighted by molar-refractivity contribution is 6.10. The molecule has 0 fully saturated rings. The van der Waals surface area contributed by atoms with Gasteiger partial charge in [0.2, 0.25) is 0 Å². The van der Waals surface area contributed by atoms with Gasteiger partial charge in [0.1, 0.15) is 0 Å². The number of rotatable bonds is 2. The second-order valence-electron chi connectivity index (χ2n) is 4.57. The monoisotopic (exact) mass is 233 g/mol. The Bertz CT molecular complexity index is 775. The standard InChI is InChI=1S/C17H15N/c1-4-13-9-10-17-15(11-13)14-7-5-6-8-16(14)18(17)12(2)3/h4-11H,1-2H2,3H3. The maximum absolute atomic E-state index is 4.08. The summed E-state index contributed by atoms with van der Waals surface area (Å²) in [4.78, 5) is 0. The zero-order valence-electron chi connectivity index (χ0n) is 10.5. The van der Waals surface area contributed by atoms with E-state index in [0.29, 0.717) is 0 Å². The van der Waals surface area contributed by atoms with Gasteiger partial charge in [-0.2, -0.15) is 0 Å². The van der Waals surface area contributed by atoms with Crippen LogP contribution in [0.3, 0.4) is 0 Å². The Morgan fingerprint density at radius 3 is 2.50 bits per heavy atom. The molecule has 88 valence electrons. The first-order chi connectivity index (χ1) is 8.72. The lowest BCUT2D eigenvalue weighted by atomic mass is 10.1. The Labute approximate surface area is 107 Å². The van der Waals surface area contributed by atoms with Crippen molar-refractivity contribution < 1.29 is 0 Å². The SMILES string of the molecule is C=Cc1ccc2c(c1)c1ccccc1n2C(=C)C. The summed E-state index contributed by atoms with van der Waals surface area (Å²) in [6, 6.07) is 14.8. The van der Waals surface area contributed by atoms with E-state index in [1.54, 1.807) is 0 Å². The molecule has 0 aliphatic rings. The van der Waals surface area contributed by atoms with E-state index in [1.807, 2.05) is 13.0 Å². The number of fused-ring (bicyclic) bond motifs is 3. The van der Waals surface area contributed by atoms with E-state index in [1.165, 1.54) is 21.8 Å². The maximum atomic E-state index is 4.08. The van der Waals surface area contributed by atoms with Crippen molar-refractivity contribution in [3.8, 4) is 0 Å². The zero-order chi connectivity index (χ0) is 12.7. The lowest BCUT2D eigenvalue weighted by molar-refractivity contribution is 1.21. The van der Waals surface area contributed by atoms with Crippen LogP contribution in [0.4, 0.5) is 0 Å². The quantitative estimate of drug-likeness (QED) is 0.591. The molecule has 1 heterocycles. The summed E-state index contributed by atoms with van der Waals surface area (Å²) in [5.74, 6) is 0. The van der Waals surface area contributed by atoms with Crippen LogP contribution in [0.25, 0.3) is 33.6 Å². The van der Waals surface area contributed by atoms with Crippen LogP contribution in [-0.4, -0.2) is 4.57 Å². The van der Waals surface area contributed by atoms with Gasteiger partial charge in [-0.05, 0) is 30.7 Å². The van der Waals surface area contributed by atoms with Crippen molar-refractivity contribution >= 4 is 33.6 Å². The molecule has 0 aliphatic carbocycles. The minimum atomic E-state index is 1.03. The second kappa shape index (κ2) is 3.88. The maximum Gasteiger partial charge on any atom is 0.0537 e. The van der Waals surface area contributed by atoms with Gasteiger partial charge in [0.05, 0.1) is 11.0 Å². The molecule has 0 aliphatic heterocycles. The number of hydrogen-bond acceptors (Lipinski definition) is 0. The predicted octanol–water partition coefficient (Wildman–Crippen LogP) is 4.93. The van der Waals surface area contributed by atoms with Gasteiger partial charge in [-0.15, -0.1) is 0 Å². The van der Waals surface area contributed by atoms with Crippen LogP contribution in [0.15, 0.2) is 55.6 Å². The van der Waals surface area contributed by atoms with E-state index in [0.717, 1.165) is 11.3 Å². The molecule has 0 spiro atoms. The minimum Gasteiger partial charge on any atom is -0.314 e. The van der Waals surface area contributed by atoms with Crippen LogP contribution in [0.1, 0.15) is 12.5 Å². The van der Waals surface area contributed by atoms with Crippen LogP contribution < -0.4 is 0 Å². The van der Waals surface area contributed by atoms with Gasteiger partial charge >= 0.3 is 0 Å². The van der Waals surface area contributed by atoms with Gasteiger partial charge in [-0.3, -0.25) is 0 Å². The van der Waals surface area contributed by atoms with E-state index in [4.69, 9.17) is 0 Å². The fourth-order valence-corrected chi connectivity index (χ4v) is 2.53. The molecule has 3 rings (SSSR count). The molecule has 0 N–H and O–H groups in total. The number of aromatic nitrogens is 1. The van der Waals surface area contributed by atoms with E-state index in [9.17, 15) is 0 Å². The predicted molar refractivity (Wildman–Crippen MR) is 80.5 cm³/mol.